The van der Waals surface area contributed by atoms with Gasteiger partial charge in [0.2, 0.25) is 0 Å². The normalized spacial score (nSPS) is 19.1. The van der Waals surface area contributed by atoms with Gasteiger partial charge in [-0.25, -0.2) is 0 Å². The van der Waals surface area contributed by atoms with E-state index in [4.69, 9.17) is 16.6 Å². The molecule has 0 saturated carbocycles. The summed E-state index contributed by atoms with van der Waals surface area (Å²) < 4.78 is 5.40. The van der Waals surface area contributed by atoms with Crippen LogP contribution in [-0.4, -0.2) is 34.9 Å². The largest absolute Gasteiger partial charge is 0.462 e. The molecule has 0 aromatic carbocycles. The average molecular weight is 236 g/mol. The number of rotatable bonds is 1. The first-order valence-corrected chi connectivity index (χ1v) is 5.25. The molecular formula is C11H12N2O2S. The topological polar surface area (TPSA) is 36.7 Å². The molecule has 1 aliphatic heterocycles. The second-order valence-corrected chi connectivity index (χ2v) is 4.05. The predicted octanol–water partition coefficient (Wildman–Crippen LogP) is 1.62. The molecule has 84 valence electrons. The molecule has 4 nitrogen and oxygen atoms in total. The van der Waals surface area contributed by atoms with E-state index in [1.807, 2.05) is 19.1 Å². The quantitative estimate of drug-likeness (QED) is 0.548. The highest BCUT2D eigenvalue weighted by Crippen LogP contribution is 2.21. The van der Waals surface area contributed by atoms with Gasteiger partial charge in [-0.05, 0) is 31.3 Å². The summed E-state index contributed by atoms with van der Waals surface area (Å²) in [7, 11) is 3.43. The van der Waals surface area contributed by atoms with Crippen LogP contribution in [0.1, 0.15) is 11.5 Å². The van der Waals surface area contributed by atoms with Gasteiger partial charge in [0.25, 0.3) is 5.91 Å². The summed E-state index contributed by atoms with van der Waals surface area (Å²) in [4.78, 5) is 14.9. The number of likely N-dealkylation sites (N-methyl/N-ethyl adjacent to an activating group) is 2. The number of carbonyl (C=O) groups excluding carboxylic acids is 1. The summed E-state index contributed by atoms with van der Waals surface area (Å²) in [5.41, 5.74) is 0.529. The maximum atomic E-state index is 11.8. The Bertz CT molecular complexity index is 490. The molecule has 0 aliphatic carbocycles. The van der Waals surface area contributed by atoms with Gasteiger partial charge in [0.05, 0.1) is 0 Å². The molecule has 1 fully saturated rings. The van der Waals surface area contributed by atoms with Crippen molar-refractivity contribution in [3.8, 4) is 0 Å². The lowest BCUT2D eigenvalue weighted by molar-refractivity contribution is -0.121. The Labute approximate surface area is 99.1 Å². The minimum Gasteiger partial charge on any atom is -0.462 e. The zero-order valence-corrected chi connectivity index (χ0v) is 10.2. The third kappa shape index (κ3) is 1.63. The molecule has 1 amide bonds. The van der Waals surface area contributed by atoms with Crippen LogP contribution in [0.4, 0.5) is 0 Å². The van der Waals surface area contributed by atoms with Gasteiger partial charge in [0.15, 0.2) is 5.11 Å². The smallest absolute Gasteiger partial charge is 0.276 e. The molecule has 0 radical (unpaired) electrons. The summed E-state index contributed by atoms with van der Waals surface area (Å²) in [5, 5.41) is 0.500. The number of furan rings is 1. The Balaban J connectivity index is 2.38. The molecule has 1 aromatic heterocycles. The molecule has 1 aliphatic rings. The van der Waals surface area contributed by atoms with Crippen LogP contribution in [0.15, 0.2) is 22.2 Å². The number of hydrogen-bond donors (Lipinski definition) is 0. The first kappa shape index (κ1) is 10.9. The number of hydrogen-bond acceptors (Lipinski definition) is 3. The van der Waals surface area contributed by atoms with E-state index in [0.717, 1.165) is 5.76 Å². The number of nitrogens with zero attached hydrogens (tertiary/aromatic N) is 2. The van der Waals surface area contributed by atoms with Gasteiger partial charge in [-0.15, -0.1) is 0 Å². The van der Waals surface area contributed by atoms with Crippen molar-refractivity contribution in [2.45, 2.75) is 6.92 Å². The van der Waals surface area contributed by atoms with Crippen LogP contribution >= 0.6 is 12.2 Å². The fourth-order valence-electron chi connectivity index (χ4n) is 1.55. The van der Waals surface area contributed by atoms with Crippen molar-refractivity contribution in [2.75, 3.05) is 14.1 Å². The summed E-state index contributed by atoms with van der Waals surface area (Å²) in [6, 6.07) is 3.68. The van der Waals surface area contributed by atoms with E-state index >= 15 is 0 Å². The second kappa shape index (κ2) is 3.75. The molecule has 0 atom stereocenters. The molecule has 0 bridgehead atoms. The predicted molar refractivity (Wildman–Crippen MR) is 64.6 cm³/mol. The number of carbonyl (C=O) groups is 1. The van der Waals surface area contributed by atoms with Crippen molar-refractivity contribution in [3.63, 3.8) is 0 Å². The Hall–Kier alpha value is -1.62. The van der Waals surface area contributed by atoms with E-state index in [1.54, 1.807) is 25.1 Å². The highest BCUT2D eigenvalue weighted by molar-refractivity contribution is 7.80. The maximum Gasteiger partial charge on any atom is 0.276 e. The highest BCUT2D eigenvalue weighted by Gasteiger charge is 2.32. The zero-order valence-electron chi connectivity index (χ0n) is 9.35. The summed E-state index contributed by atoms with van der Waals surface area (Å²) >= 11 is 5.10. The molecule has 2 rings (SSSR count). The monoisotopic (exact) mass is 236 g/mol. The first-order chi connectivity index (χ1) is 7.50. The van der Waals surface area contributed by atoms with E-state index in [1.165, 1.54) is 4.90 Å². The Morgan fingerprint density at radius 3 is 2.44 bits per heavy atom. The molecule has 0 N–H and O–H groups in total. The SMILES string of the molecule is Cc1ccc(/C=C2\C(=O)N(C)C(=S)N2C)o1. The number of aryl methyl sites for hydroxylation is 1. The summed E-state index contributed by atoms with van der Waals surface area (Å²) in [6.07, 6.45) is 1.70. The Morgan fingerprint density at radius 2 is 2.00 bits per heavy atom. The summed E-state index contributed by atoms with van der Waals surface area (Å²) in [5.74, 6) is 1.36. The van der Waals surface area contributed by atoms with Crippen LogP contribution < -0.4 is 0 Å². The molecule has 5 heteroatoms. The van der Waals surface area contributed by atoms with Crippen LogP contribution in [0, 0.1) is 6.92 Å². The molecule has 1 saturated heterocycles. The third-order valence-electron chi connectivity index (χ3n) is 2.50. The van der Waals surface area contributed by atoms with E-state index < -0.39 is 0 Å². The van der Waals surface area contributed by atoms with Gasteiger partial charge < -0.3 is 9.32 Å². The van der Waals surface area contributed by atoms with Gasteiger partial charge in [0, 0.05) is 20.2 Å². The minimum absolute atomic E-state index is 0.110. The lowest BCUT2D eigenvalue weighted by atomic mass is 10.3. The van der Waals surface area contributed by atoms with Crippen LogP contribution in [0.25, 0.3) is 6.08 Å². The molecule has 0 unspecified atom stereocenters. The van der Waals surface area contributed by atoms with Gasteiger partial charge in [0.1, 0.15) is 17.2 Å². The van der Waals surface area contributed by atoms with Crippen molar-refractivity contribution in [1.82, 2.24) is 9.80 Å². The second-order valence-electron chi connectivity index (χ2n) is 3.68. The third-order valence-corrected chi connectivity index (χ3v) is 3.05. The Morgan fingerprint density at radius 1 is 1.31 bits per heavy atom. The van der Waals surface area contributed by atoms with Crippen LogP contribution in [0.2, 0.25) is 0 Å². The summed E-state index contributed by atoms with van der Waals surface area (Å²) in [6.45, 7) is 1.86. The standard InChI is InChI=1S/C11H12N2O2S/c1-7-4-5-8(15-7)6-9-10(14)13(3)11(16)12(9)2/h4-6H,1-3H3/b9-6+. The lowest BCUT2D eigenvalue weighted by Crippen LogP contribution is -2.26. The van der Waals surface area contributed by atoms with Crippen molar-refractivity contribution in [3.05, 3.63) is 29.4 Å². The molecular weight excluding hydrogens is 224 g/mol. The van der Waals surface area contributed by atoms with Crippen molar-refractivity contribution in [1.29, 1.82) is 0 Å². The number of amides is 1. The van der Waals surface area contributed by atoms with Gasteiger partial charge in [-0.2, -0.15) is 0 Å². The van der Waals surface area contributed by atoms with Crippen molar-refractivity contribution >= 4 is 29.3 Å². The van der Waals surface area contributed by atoms with E-state index in [-0.39, 0.29) is 5.91 Å². The fourth-order valence-corrected chi connectivity index (χ4v) is 1.74. The van der Waals surface area contributed by atoms with Gasteiger partial charge >= 0.3 is 0 Å². The van der Waals surface area contributed by atoms with Crippen molar-refractivity contribution < 1.29 is 9.21 Å². The van der Waals surface area contributed by atoms with E-state index in [0.29, 0.717) is 16.6 Å². The van der Waals surface area contributed by atoms with E-state index in [9.17, 15) is 4.79 Å². The molecule has 2 heterocycles. The van der Waals surface area contributed by atoms with E-state index in [2.05, 4.69) is 0 Å². The zero-order chi connectivity index (χ0) is 11.9. The molecule has 1 aromatic rings. The van der Waals surface area contributed by atoms with Crippen molar-refractivity contribution in [2.24, 2.45) is 0 Å². The first-order valence-electron chi connectivity index (χ1n) is 4.84. The minimum atomic E-state index is -0.110. The van der Waals surface area contributed by atoms with Gasteiger partial charge in [-0.3, -0.25) is 9.69 Å². The van der Waals surface area contributed by atoms with Gasteiger partial charge in [-0.1, -0.05) is 0 Å². The highest BCUT2D eigenvalue weighted by atomic mass is 32.1. The fraction of sp³-hybridized carbons (Fsp3) is 0.273. The molecule has 0 spiro atoms. The average Bonchev–Trinajstić information content (AvgIpc) is 2.73. The van der Waals surface area contributed by atoms with Crippen LogP contribution in [0.5, 0.6) is 0 Å². The number of thiocarbonyl (C=S) groups is 1. The lowest BCUT2D eigenvalue weighted by Gasteiger charge is -2.10. The Kier molecular flexibility index (Phi) is 2.55. The molecule has 16 heavy (non-hydrogen) atoms. The van der Waals surface area contributed by atoms with Crippen LogP contribution in [0.3, 0.4) is 0 Å². The van der Waals surface area contributed by atoms with Crippen LogP contribution in [-0.2, 0) is 4.79 Å². The maximum absolute atomic E-state index is 11.8.